The summed E-state index contributed by atoms with van der Waals surface area (Å²) in [5, 5.41) is 3.94. The van der Waals surface area contributed by atoms with Gasteiger partial charge in [-0.25, -0.2) is 9.97 Å². The first kappa shape index (κ1) is 17.2. The quantitative estimate of drug-likeness (QED) is 0.782. The summed E-state index contributed by atoms with van der Waals surface area (Å²) in [6.07, 6.45) is 0.790. The zero-order chi connectivity index (χ0) is 15.3. The van der Waals surface area contributed by atoms with Crippen LogP contribution in [-0.4, -0.2) is 40.0 Å². The van der Waals surface area contributed by atoms with Crippen molar-refractivity contribution in [3.05, 3.63) is 16.5 Å². The van der Waals surface area contributed by atoms with E-state index in [0.717, 1.165) is 36.7 Å². The van der Waals surface area contributed by atoms with Crippen molar-refractivity contribution in [1.82, 2.24) is 14.9 Å². The number of rotatable bonds is 7. The van der Waals surface area contributed by atoms with E-state index in [1.54, 1.807) is 0 Å². The van der Waals surface area contributed by atoms with Crippen LogP contribution in [-0.2, 0) is 6.42 Å². The lowest BCUT2D eigenvalue weighted by atomic mass is 10.2. The van der Waals surface area contributed by atoms with Crippen LogP contribution < -0.4 is 5.32 Å². The SMILES string of the molecule is CCc1nc(Cl)c(C)c(NCCN(C(C)C)C(C)C)n1. The maximum absolute atomic E-state index is 6.14. The summed E-state index contributed by atoms with van der Waals surface area (Å²) in [7, 11) is 0. The largest absolute Gasteiger partial charge is 0.368 e. The summed E-state index contributed by atoms with van der Waals surface area (Å²) in [6, 6.07) is 1.08. The van der Waals surface area contributed by atoms with Gasteiger partial charge in [0.1, 0.15) is 16.8 Å². The lowest BCUT2D eigenvalue weighted by Crippen LogP contribution is -2.40. The summed E-state index contributed by atoms with van der Waals surface area (Å²) in [4.78, 5) is 11.2. The van der Waals surface area contributed by atoms with Crippen LogP contribution in [0.4, 0.5) is 5.82 Å². The Hall–Kier alpha value is -0.870. The maximum Gasteiger partial charge on any atom is 0.137 e. The van der Waals surface area contributed by atoms with Crippen molar-refractivity contribution in [2.45, 2.75) is 60.0 Å². The number of nitrogens with one attached hydrogen (secondary N) is 1. The first-order valence-corrected chi connectivity index (χ1v) is 7.77. The molecule has 1 N–H and O–H groups in total. The molecule has 114 valence electrons. The van der Waals surface area contributed by atoms with E-state index >= 15 is 0 Å². The van der Waals surface area contributed by atoms with Crippen molar-refractivity contribution in [3.63, 3.8) is 0 Å². The highest BCUT2D eigenvalue weighted by molar-refractivity contribution is 6.30. The Kier molecular flexibility index (Phi) is 6.69. The van der Waals surface area contributed by atoms with E-state index in [2.05, 4.69) is 47.9 Å². The number of halogens is 1. The average molecular weight is 299 g/mol. The fourth-order valence-corrected chi connectivity index (χ4v) is 2.47. The minimum atomic E-state index is 0.540. The van der Waals surface area contributed by atoms with Gasteiger partial charge in [0.05, 0.1) is 0 Å². The lowest BCUT2D eigenvalue weighted by Gasteiger charge is -2.30. The van der Waals surface area contributed by atoms with Crippen LogP contribution in [0.5, 0.6) is 0 Å². The van der Waals surface area contributed by atoms with Crippen LogP contribution in [0.2, 0.25) is 5.15 Å². The molecular weight excluding hydrogens is 272 g/mol. The fraction of sp³-hybridized carbons (Fsp3) is 0.733. The van der Waals surface area contributed by atoms with Crippen molar-refractivity contribution < 1.29 is 0 Å². The minimum absolute atomic E-state index is 0.540. The molecule has 0 atom stereocenters. The number of aromatic nitrogens is 2. The Morgan fingerprint density at radius 1 is 1.15 bits per heavy atom. The van der Waals surface area contributed by atoms with Gasteiger partial charge in [0.15, 0.2) is 0 Å². The second-order valence-electron chi connectivity index (χ2n) is 5.61. The van der Waals surface area contributed by atoms with Gasteiger partial charge in [-0.3, -0.25) is 4.90 Å². The van der Waals surface area contributed by atoms with Crippen molar-refractivity contribution in [2.75, 3.05) is 18.4 Å². The Labute approximate surface area is 127 Å². The third-order valence-corrected chi connectivity index (χ3v) is 3.81. The third-order valence-electron chi connectivity index (χ3n) is 3.44. The minimum Gasteiger partial charge on any atom is -0.368 e. The first-order valence-electron chi connectivity index (χ1n) is 7.39. The van der Waals surface area contributed by atoms with Crippen molar-refractivity contribution >= 4 is 17.4 Å². The Bertz CT molecular complexity index is 424. The standard InChI is InChI=1S/C15H27ClN4/c1-7-13-18-14(16)12(6)15(19-13)17-8-9-20(10(2)3)11(4)5/h10-11H,7-9H2,1-6H3,(H,17,18,19). The molecule has 20 heavy (non-hydrogen) atoms. The van der Waals surface area contributed by atoms with Gasteiger partial charge in [-0.2, -0.15) is 0 Å². The number of nitrogens with zero attached hydrogens (tertiary/aromatic N) is 3. The molecule has 1 aromatic heterocycles. The number of hydrogen-bond donors (Lipinski definition) is 1. The van der Waals surface area contributed by atoms with Crippen LogP contribution in [0.25, 0.3) is 0 Å². The Morgan fingerprint density at radius 3 is 2.25 bits per heavy atom. The van der Waals surface area contributed by atoms with Crippen molar-refractivity contribution in [1.29, 1.82) is 0 Å². The smallest absolute Gasteiger partial charge is 0.137 e. The second-order valence-corrected chi connectivity index (χ2v) is 5.97. The molecule has 1 rings (SSSR count). The predicted molar refractivity (Wildman–Crippen MR) is 86.6 cm³/mol. The maximum atomic E-state index is 6.14. The van der Waals surface area contributed by atoms with Crippen LogP contribution in [0, 0.1) is 6.92 Å². The van der Waals surface area contributed by atoms with Gasteiger partial charge in [0.2, 0.25) is 0 Å². The molecule has 1 heterocycles. The van der Waals surface area contributed by atoms with Crippen molar-refractivity contribution in [3.8, 4) is 0 Å². The molecule has 0 spiro atoms. The zero-order valence-corrected chi connectivity index (χ0v) is 14.3. The van der Waals surface area contributed by atoms with Gasteiger partial charge < -0.3 is 5.32 Å². The highest BCUT2D eigenvalue weighted by atomic mass is 35.5. The molecule has 0 aliphatic rings. The number of aryl methyl sites for hydroxylation is 1. The molecule has 0 bridgehead atoms. The summed E-state index contributed by atoms with van der Waals surface area (Å²) < 4.78 is 0. The molecule has 0 amide bonds. The summed E-state index contributed by atoms with van der Waals surface area (Å²) in [5.74, 6) is 1.64. The topological polar surface area (TPSA) is 41.1 Å². The van der Waals surface area contributed by atoms with Gasteiger partial charge in [-0.15, -0.1) is 0 Å². The van der Waals surface area contributed by atoms with Gasteiger partial charge in [-0.05, 0) is 34.6 Å². The molecule has 0 saturated carbocycles. The highest BCUT2D eigenvalue weighted by Crippen LogP contribution is 2.19. The molecule has 0 radical (unpaired) electrons. The molecule has 0 saturated heterocycles. The van der Waals surface area contributed by atoms with E-state index in [1.165, 1.54) is 0 Å². The molecule has 5 heteroatoms. The summed E-state index contributed by atoms with van der Waals surface area (Å²) in [6.45, 7) is 14.7. The molecule has 0 aliphatic heterocycles. The van der Waals surface area contributed by atoms with Crippen LogP contribution in [0.3, 0.4) is 0 Å². The third kappa shape index (κ3) is 4.60. The molecular formula is C15H27ClN4. The highest BCUT2D eigenvalue weighted by Gasteiger charge is 2.13. The summed E-state index contributed by atoms with van der Waals surface area (Å²) in [5.41, 5.74) is 0.921. The Morgan fingerprint density at radius 2 is 1.75 bits per heavy atom. The van der Waals surface area contributed by atoms with Crippen LogP contribution in [0.15, 0.2) is 0 Å². The van der Waals surface area contributed by atoms with Gasteiger partial charge >= 0.3 is 0 Å². The van der Waals surface area contributed by atoms with Gasteiger partial charge in [0.25, 0.3) is 0 Å². The van der Waals surface area contributed by atoms with Crippen LogP contribution in [0.1, 0.15) is 46.0 Å². The zero-order valence-electron chi connectivity index (χ0n) is 13.5. The van der Waals surface area contributed by atoms with Crippen molar-refractivity contribution in [2.24, 2.45) is 0 Å². The lowest BCUT2D eigenvalue weighted by molar-refractivity contribution is 0.182. The predicted octanol–water partition coefficient (Wildman–Crippen LogP) is 3.53. The second kappa shape index (κ2) is 7.79. The summed E-state index contributed by atoms with van der Waals surface area (Å²) >= 11 is 6.14. The molecule has 0 fully saturated rings. The van der Waals surface area contributed by atoms with Gasteiger partial charge in [0, 0.05) is 37.2 Å². The van der Waals surface area contributed by atoms with Crippen LogP contribution >= 0.6 is 11.6 Å². The van der Waals surface area contributed by atoms with Gasteiger partial charge in [-0.1, -0.05) is 18.5 Å². The monoisotopic (exact) mass is 298 g/mol. The van der Waals surface area contributed by atoms with E-state index in [1.807, 2.05) is 13.8 Å². The number of anilines is 1. The molecule has 0 aliphatic carbocycles. The molecule has 0 aromatic carbocycles. The number of hydrogen-bond acceptors (Lipinski definition) is 4. The van der Waals surface area contributed by atoms with E-state index < -0.39 is 0 Å². The first-order chi connectivity index (χ1) is 9.36. The normalized spacial score (nSPS) is 11.7. The average Bonchev–Trinajstić information content (AvgIpc) is 2.37. The molecule has 4 nitrogen and oxygen atoms in total. The van der Waals surface area contributed by atoms with E-state index in [4.69, 9.17) is 11.6 Å². The Balaban J connectivity index is 2.68. The van der Waals surface area contributed by atoms with E-state index in [9.17, 15) is 0 Å². The van der Waals surface area contributed by atoms with E-state index in [0.29, 0.717) is 17.2 Å². The molecule has 1 aromatic rings. The van der Waals surface area contributed by atoms with E-state index in [-0.39, 0.29) is 0 Å². The fourth-order valence-electron chi connectivity index (χ4n) is 2.28. The molecule has 0 unspecified atom stereocenters.